The molecule has 0 aromatic carbocycles. The third kappa shape index (κ3) is 4.59. The summed E-state index contributed by atoms with van der Waals surface area (Å²) in [6, 6.07) is 0. The molecule has 0 aromatic rings. The molecule has 0 amide bonds. The van der Waals surface area contributed by atoms with Gasteiger partial charge in [0.05, 0.1) is 24.9 Å². The fraction of sp³-hybridized carbons (Fsp3) is 0.966. The average molecular weight is 479 g/mol. The normalized spacial score (nSPS) is 47.3. The molecule has 196 valence electrons. The van der Waals surface area contributed by atoms with Gasteiger partial charge in [0.2, 0.25) is 0 Å². The Kier molecular flexibility index (Phi) is 7.25. The average Bonchev–Trinajstić information content (AvgIpc) is 3.10. The first-order valence-electron chi connectivity index (χ1n) is 14.0. The molecule has 0 saturated heterocycles. The quantitative estimate of drug-likeness (QED) is 0.487. The van der Waals surface area contributed by atoms with Gasteiger partial charge in [-0.05, 0) is 103 Å². The predicted octanol–water partition coefficient (Wildman–Crippen LogP) is 4.95. The Morgan fingerprint density at radius 1 is 1.03 bits per heavy atom. The predicted molar refractivity (Wildman–Crippen MR) is 133 cm³/mol. The van der Waals surface area contributed by atoms with Crippen molar-refractivity contribution in [1.29, 1.82) is 0 Å². The summed E-state index contributed by atoms with van der Waals surface area (Å²) in [5, 5.41) is 33.3. The third-order valence-electron chi connectivity index (χ3n) is 11.0. The Hall–Kier alpha value is -0.650. The first-order valence-corrected chi connectivity index (χ1v) is 14.0. The molecule has 4 fully saturated rings. The van der Waals surface area contributed by atoms with Crippen molar-refractivity contribution in [2.45, 2.75) is 118 Å². The van der Waals surface area contributed by atoms with Crippen molar-refractivity contribution in [2.75, 3.05) is 6.61 Å². The maximum atomic E-state index is 12.3. The minimum absolute atomic E-state index is 0.0247. The number of carbonyl (C=O) groups excluding carboxylic acids is 1. The van der Waals surface area contributed by atoms with Crippen LogP contribution in [0.25, 0.3) is 0 Å². The van der Waals surface area contributed by atoms with Crippen LogP contribution in [-0.4, -0.2) is 46.2 Å². The van der Waals surface area contributed by atoms with Crippen molar-refractivity contribution < 1.29 is 24.9 Å². The minimum Gasteiger partial charge on any atom is -0.465 e. The molecule has 0 aliphatic heterocycles. The monoisotopic (exact) mass is 478 g/mol. The summed E-state index contributed by atoms with van der Waals surface area (Å²) < 4.78 is 5.49. The topological polar surface area (TPSA) is 87.0 Å². The second kappa shape index (κ2) is 9.34. The maximum Gasteiger partial charge on any atom is 0.305 e. The van der Waals surface area contributed by atoms with Gasteiger partial charge in [-0.25, -0.2) is 0 Å². The van der Waals surface area contributed by atoms with E-state index in [4.69, 9.17) is 4.74 Å². The number of aliphatic hydroxyl groups is 3. The van der Waals surface area contributed by atoms with E-state index in [0.717, 1.165) is 51.4 Å². The second-order valence-electron chi connectivity index (χ2n) is 14.3. The molecule has 0 radical (unpaired) electrons. The molecule has 3 N–H and O–H groups in total. The lowest BCUT2D eigenvalue weighted by Crippen LogP contribution is -2.62. The summed E-state index contributed by atoms with van der Waals surface area (Å²) in [7, 11) is 0. The van der Waals surface area contributed by atoms with Crippen molar-refractivity contribution in [3.05, 3.63) is 0 Å². The Morgan fingerprint density at radius 2 is 1.74 bits per heavy atom. The van der Waals surface area contributed by atoms with Crippen molar-refractivity contribution in [1.82, 2.24) is 0 Å². The van der Waals surface area contributed by atoms with Crippen molar-refractivity contribution in [2.24, 2.45) is 51.8 Å². The highest BCUT2D eigenvalue weighted by atomic mass is 16.5. The molecule has 11 unspecified atom stereocenters. The number of hydrogen-bond acceptors (Lipinski definition) is 5. The van der Waals surface area contributed by atoms with Crippen LogP contribution in [0.5, 0.6) is 0 Å². The van der Waals surface area contributed by atoms with E-state index in [1.165, 1.54) is 0 Å². The van der Waals surface area contributed by atoms with Crippen LogP contribution in [0.3, 0.4) is 0 Å². The van der Waals surface area contributed by atoms with Gasteiger partial charge >= 0.3 is 5.97 Å². The van der Waals surface area contributed by atoms with E-state index < -0.39 is 0 Å². The van der Waals surface area contributed by atoms with Crippen LogP contribution in [0.1, 0.15) is 99.3 Å². The van der Waals surface area contributed by atoms with Crippen LogP contribution in [0.4, 0.5) is 0 Å². The molecule has 4 aliphatic rings. The standard InChI is InChI=1S/C29H50O5/c1-17(7-10-25(33)34-16-27(2,3)4)20-8-9-21-26-22(15-24(32)29(20,21)6)28(5)12-11-19(30)13-18(28)14-23(26)31/h17-24,26,30-32H,7-16H2,1-6H3. The summed E-state index contributed by atoms with van der Waals surface area (Å²) in [4.78, 5) is 12.3. The third-order valence-corrected chi connectivity index (χ3v) is 11.0. The highest BCUT2D eigenvalue weighted by molar-refractivity contribution is 5.69. The number of ether oxygens (including phenoxy) is 1. The van der Waals surface area contributed by atoms with E-state index in [0.29, 0.717) is 42.6 Å². The Bertz CT molecular complexity index is 745. The van der Waals surface area contributed by atoms with E-state index in [2.05, 4.69) is 41.5 Å². The van der Waals surface area contributed by atoms with E-state index in [9.17, 15) is 20.1 Å². The zero-order chi connectivity index (χ0) is 25.1. The van der Waals surface area contributed by atoms with Gasteiger partial charge < -0.3 is 20.1 Å². The minimum atomic E-state index is -0.379. The van der Waals surface area contributed by atoms with Gasteiger partial charge in [0.15, 0.2) is 0 Å². The lowest BCUT2D eigenvalue weighted by molar-refractivity contribution is -0.207. The number of fused-ring (bicyclic) bond motifs is 5. The highest BCUT2D eigenvalue weighted by Crippen LogP contribution is 2.68. The lowest BCUT2D eigenvalue weighted by Gasteiger charge is -2.63. The van der Waals surface area contributed by atoms with Crippen LogP contribution >= 0.6 is 0 Å². The summed E-state index contributed by atoms with van der Waals surface area (Å²) in [6.07, 6.45) is 6.55. The molecule has 11 atom stereocenters. The Balaban J connectivity index is 1.46. The van der Waals surface area contributed by atoms with E-state index in [1.54, 1.807) is 0 Å². The van der Waals surface area contributed by atoms with Crippen LogP contribution < -0.4 is 0 Å². The number of carbonyl (C=O) groups is 1. The molecule has 5 heteroatoms. The van der Waals surface area contributed by atoms with Crippen LogP contribution in [0.15, 0.2) is 0 Å². The van der Waals surface area contributed by atoms with Gasteiger partial charge in [-0.3, -0.25) is 4.79 Å². The highest BCUT2D eigenvalue weighted by Gasteiger charge is 2.65. The van der Waals surface area contributed by atoms with Gasteiger partial charge in [-0.1, -0.05) is 41.5 Å². The van der Waals surface area contributed by atoms with E-state index in [-0.39, 0.29) is 46.4 Å². The van der Waals surface area contributed by atoms with Crippen molar-refractivity contribution >= 4 is 5.97 Å². The van der Waals surface area contributed by atoms with Gasteiger partial charge in [-0.15, -0.1) is 0 Å². The van der Waals surface area contributed by atoms with Gasteiger partial charge in [0.1, 0.15) is 0 Å². The van der Waals surface area contributed by atoms with Gasteiger partial charge in [0, 0.05) is 6.42 Å². The largest absolute Gasteiger partial charge is 0.465 e. The number of rotatable bonds is 5. The molecule has 0 heterocycles. The number of hydrogen-bond donors (Lipinski definition) is 3. The molecular weight excluding hydrogens is 428 g/mol. The summed E-state index contributed by atoms with van der Waals surface area (Å²) in [6.45, 7) is 13.5. The summed E-state index contributed by atoms with van der Waals surface area (Å²) >= 11 is 0. The fourth-order valence-electron chi connectivity index (χ4n) is 9.05. The molecule has 4 saturated carbocycles. The van der Waals surface area contributed by atoms with Crippen LogP contribution in [0.2, 0.25) is 0 Å². The van der Waals surface area contributed by atoms with E-state index >= 15 is 0 Å². The van der Waals surface area contributed by atoms with Crippen molar-refractivity contribution in [3.8, 4) is 0 Å². The summed E-state index contributed by atoms with van der Waals surface area (Å²) in [5.74, 6) is 1.79. The Morgan fingerprint density at radius 3 is 2.41 bits per heavy atom. The van der Waals surface area contributed by atoms with Gasteiger partial charge in [-0.2, -0.15) is 0 Å². The second-order valence-corrected chi connectivity index (χ2v) is 14.3. The smallest absolute Gasteiger partial charge is 0.305 e. The first-order chi connectivity index (χ1) is 15.8. The zero-order valence-corrected chi connectivity index (χ0v) is 22.4. The zero-order valence-electron chi connectivity index (χ0n) is 22.4. The number of aliphatic hydroxyl groups excluding tert-OH is 3. The fourth-order valence-corrected chi connectivity index (χ4v) is 9.05. The van der Waals surface area contributed by atoms with Gasteiger partial charge in [0.25, 0.3) is 0 Å². The van der Waals surface area contributed by atoms with Crippen LogP contribution in [-0.2, 0) is 9.53 Å². The lowest BCUT2D eigenvalue weighted by atomic mass is 9.43. The summed E-state index contributed by atoms with van der Waals surface area (Å²) in [5.41, 5.74) is -0.136. The molecule has 5 nitrogen and oxygen atoms in total. The van der Waals surface area contributed by atoms with Crippen molar-refractivity contribution in [3.63, 3.8) is 0 Å². The molecule has 0 aromatic heterocycles. The first kappa shape index (κ1) is 26.4. The molecule has 0 bridgehead atoms. The molecule has 4 aliphatic carbocycles. The SMILES string of the molecule is CC(CCC(=O)OCC(C)(C)C)C1CCC2C3C(O)CC4CC(O)CCC4(C)C3CC(O)C12C. The number of esters is 1. The van der Waals surface area contributed by atoms with E-state index in [1.807, 2.05) is 0 Å². The molecule has 4 rings (SSSR count). The molecular formula is C29H50O5. The van der Waals surface area contributed by atoms with Crippen LogP contribution in [0, 0.1) is 51.8 Å². The maximum absolute atomic E-state index is 12.3. The molecule has 34 heavy (non-hydrogen) atoms. The molecule has 0 spiro atoms. The Labute approximate surface area is 207 Å².